The Kier molecular flexibility index (Phi) is 1.23. The van der Waals surface area contributed by atoms with E-state index in [0.717, 1.165) is 0 Å². The molecule has 1 aliphatic rings. The van der Waals surface area contributed by atoms with Crippen LogP contribution in [0.5, 0.6) is 0 Å². The van der Waals surface area contributed by atoms with E-state index in [1.807, 2.05) is 0 Å². The Morgan fingerprint density at radius 1 is 1.75 bits per heavy atom. The van der Waals surface area contributed by atoms with Crippen LogP contribution in [0.15, 0.2) is 0 Å². The zero-order valence-corrected chi connectivity index (χ0v) is 4.75. The Balaban J connectivity index is 0.000000640. The van der Waals surface area contributed by atoms with Crippen molar-refractivity contribution in [1.82, 2.24) is 5.32 Å². The molecule has 0 aromatic rings. The van der Waals surface area contributed by atoms with Crippen molar-refractivity contribution in [3.8, 4) is 0 Å². The van der Waals surface area contributed by atoms with Gasteiger partial charge in [0.2, 0.25) is 0 Å². The third kappa shape index (κ3) is 1.15. The zero-order valence-electron chi connectivity index (χ0n) is 4.75. The first kappa shape index (κ1) is 5.95. The normalized spacial score (nSPS) is 35.6. The summed E-state index contributed by atoms with van der Waals surface area (Å²) < 4.78 is 24.3. The minimum Gasteiger partial charge on any atom is -0.308 e. The first-order chi connectivity index (χ1) is 3.60. The maximum atomic E-state index is 12.1. The van der Waals surface area contributed by atoms with Gasteiger partial charge < -0.3 is 5.32 Å². The van der Waals surface area contributed by atoms with Gasteiger partial charge in [0.1, 0.15) is 0 Å². The van der Waals surface area contributed by atoms with Crippen LogP contribution in [0.3, 0.4) is 0 Å². The lowest BCUT2D eigenvalue weighted by molar-refractivity contribution is 0.0216. The monoisotopic (exact) mass is 123 g/mol. The van der Waals surface area contributed by atoms with Crippen LogP contribution in [-0.2, 0) is 0 Å². The van der Waals surface area contributed by atoms with Crippen LogP contribution in [0.2, 0.25) is 0 Å². The molecule has 1 aliphatic heterocycles. The predicted molar refractivity (Wildman–Crippen MR) is 29.1 cm³/mol. The average Bonchev–Trinajstić information content (AvgIpc) is 1.82. The highest BCUT2D eigenvalue weighted by Gasteiger charge is 2.36. The summed E-state index contributed by atoms with van der Waals surface area (Å²) in [4.78, 5) is 0. The van der Waals surface area contributed by atoms with Gasteiger partial charge in [0.05, 0.1) is 6.54 Å². The molecular formula is C5H11F2N. The lowest BCUT2D eigenvalue weighted by Crippen LogP contribution is -2.20. The number of hydrogen-bond acceptors (Lipinski definition) is 1. The molecule has 8 heavy (non-hydrogen) atoms. The molecule has 0 aromatic carbocycles. The number of halogens is 2. The van der Waals surface area contributed by atoms with Gasteiger partial charge in [0, 0.05) is 13.9 Å². The van der Waals surface area contributed by atoms with Crippen LogP contribution in [-0.4, -0.2) is 18.5 Å². The number of rotatable bonds is 0. The van der Waals surface area contributed by atoms with Crippen molar-refractivity contribution in [3.63, 3.8) is 0 Å². The molecule has 1 fully saturated rings. The molecule has 0 saturated carbocycles. The van der Waals surface area contributed by atoms with Crippen molar-refractivity contribution < 1.29 is 10.2 Å². The summed E-state index contributed by atoms with van der Waals surface area (Å²) in [5.41, 5.74) is 0. The summed E-state index contributed by atoms with van der Waals surface area (Å²) in [7, 11) is 0. The Morgan fingerprint density at radius 3 is 2.50 bits per heavy atom. The summed E-state index contributed by atoms with van der Waals surface area (Å²) in [5.74, 6) is -2.45. The highest BCUT2D eigenvalue weighted by molar-refractivity contribution is 4.83. The third-order valence-corrected chi connectivity index (χ3v) is 1.31. The molecular weight excluding hydrogens is 112 g/mol. The molecule has 1 nitrogen and oxygen atoms in total. The van der Waals surface area contributed by atoms with E-state index in [9.17, 15) is 8.78 Å². The predicted octanol–water partition coefficient (Wildman–Crippen LogP) is 1.25. The maximum absolute atomic E-state index is 12.1. The van der Waals surface area contributed by atoms with Gasteiger partial charge in [0.25, 0.3) is 5.92 Å². The first-order valence-corrected chi connectivity index (χ1v) is 2.71. The minimum absolute atomic E-state index is 0. The molecule has 50 valence electrons. The summed E-state index contributed by atoms with van der Waals surface area (Å²) >= 11 is 0. The van der Waals surface area contributed by atoms with Crippen LogP contribution in [0, 0.1) is 0 Å². The van der Waals surface area contributed by atoms with E-state index in [-0.39, 0.29) is 20.4 Å². The molecule has 0 aromatic heterocycles. The largest absolute Gasteiger partial charge is 0.308 e. The molecule has 0 unspecified atom stereocenters. The highest BCUT2D eigenvalue weighted by Crippen LogP contribution is 2.24. The van der Waals surface area contributed by atoms with Gasteiger partial charge >= 0.3 is 0 Å². The van der Waals surface area contributed by atoms with Crippen LogP contribution in [0.25, 0.3) is 0 Å². The van der Waals surface area contributed by atoms with Gasteiger partial charge in [-0.2, -0.15) is 0 Å². The van der Waals surface area contributed by atoms with Gasteiger partial charge in [0.15, 0.2) is 0 Å². The Hall–Kier alpha value is -0.180. The fourth-order valence-electron chi connectivity index (χ4n) is 0.916. The van der Waals surface area contributed by atoms with E-state index < -0.39 is 5.92 Å². The van der Waals surface area contributed by atoms with Gasteiger partial charge in [-0.15, -0.1) is 0 Å². The zero-order chi connectivity index (χ0) is 6.20. The van der Waals surface area contributed by atoms with Gasteiger partial charge in [-0.1, -0.05) is 0 Å². The van der Waals surface area contributed by atoms with Crippen molar-refractivity contribution in [2.24, 2.45) is 0 Å². The smallest absolute Gasteiger partial charge is 0.261 e. The fourth-order valence-corrected chi connectivity index (χ4v) is 0.916. The molecule has 3 heteroatoms. The van der Waals surface area contributed by atoms with Crippen molar-refractivity contribution in [2.75, 3.05) is 6.54 Å². The SMILES string of the molecule is C[C@@H]1CC(F)(F)CN1.[HH]. The molecule has 0 amide bonds. The molecule has 1 heterocycles. The Bertz CT molecular complexity index is 97.0. The second kappa shape index (κ2) is 1.65. The van der Waals surface area contributed by atoms with E-state index in [4.69, 9.17) is 0 Å². The van der Waals surface area contributed by atoms with E-state index in [1.165, 1.54) is 0 Å². The van der Waals surface area contributed by atoms with Crippen molar-refractivity contribution in [2.45, 2.75) is 25.3 Å². The van der Waals surface area contributed by atoms with E-state index >= 15 is 0 Å². The second-order valence-electron chi connectivity index (χ2n) is 2.34. The van der Waals surface area contributed by atoms with Crippen LogP contribution in [0.1, 0.15) is 14.8 Å². The first-order valence-electron chi connectivity index (χ1n) is 2.71. The summed E-state index contributed by atoms with van der Waals surface area (Å²) in [6.07, 6.45) is -0.00694. The molecule has 1 N–H and O–H groups in total. The summed E-state index contributed by atoms with van der Waals surface area (Å²) in [6, 6.07) is -0.00926. The van der Waals surface area contributed by atoms with Crippen LogP contribution >= 0.6 is 0 Å². The summed E-state index contributed by atoms with van der Waals surface area (Å²) in [5, 5.41) is 2.66. The third-order valence-electron chi connectivity index (χ3n) is 1.31. The van der Waals surface area contributed by atoms with Crippen molar-refractivity contribution >= 4 is 0 Å². The van der Waals surface area contributed by atoms with Crippen molar-refractivity contribution in [3.05, 3.63) is 0 Å². The van der Waals surface area contributed by atoms with E-state index in [0.29, 0.717) is 0 Å². The summed E-state index contributed by atoms with van der Waals surface area (Å²) in [6.45, 7) is 1.62. The topological polar surface area (TPSA) is 12.0 Å². The lowest BCUT2D eigenvalue weighted by Gasteiger charge is -2.03. The highest BCUT2D eigenvalue weighted by atomic mass is 19.3. The minimum atomic E-state index is -2.45. The van der Waals surface area contributed by atoms with Gasteiger partial charge in [-0.05, 0) is 6.92 Å². The molecule has 1 atom stereocenters. The number of alkyl halides is 2. The lowest BCUT2D eigenvalue weighted by atomic mass is 10.2. The standard InChI is InChI=1S/C5H9F2N.H2/c1-4-2-5(6,7)3-8-4;/h4,8H,2-3H2,1H3;1H/t4-;/m1./s1. The number of nitrogens with one attached hydrogen (secondary N) is 1. The molecule has 0 radical (unpaired) electrons. The average molecular weight is 123 g/mol. The van der Waals surface area contributed by atoms with Crippen molar-refractivity contribution in [1.29, 1.82) is 0 Å². The van der Waals surface area contributed by atoms with Gasteiger partial charge in [-0.25, -0.2) is 8.78 Å². The Morgan fingerprint density at radius 2 is 2.38 bits per heavy atom. The fraction of sp³-hybridized carbons (Fsp3) is 1.00. The number of hydrogen-bond donors (Lipinski definition) is 1. The second-order valence-corrected chi connectivity index (χ2v) is 2.34. The van der Waals surface area contributed by atoms with Gasteiger partial charge in [-0.3, -0.25) is 0 Å². The molecule has 0 bridgehead atoms. The van der Waals surface area contributed by atoms with Crippen LogP contribution in [0.4, 0.5) is 8.78 Å². The van der Waals surface area contributed by atoms with Crippen LogP contribution < -0.4 is 5.32 Å². The molecule has 0 aliphatic carbocycles. The Labute approximate surface area is 48.6 Å². The molecule has 0 spiro atoms. The molecule has 1 saturated heterocycles. The van der Waals surface area contributed by atoms with E-state index in [2.05, 4.69) is 5.32 Å². The maximum Gasteiger partial charge on any atom is 0.261 e. The molecule has 1 rings (SSSR count). The quantitative estimate of drug-likeness (QED) is 0.511. The van der Waals surface area contributed by atoms with E-state index in [1.54, 1.807) is 6.92 Å².